The number of rotatable bonds is 5. The van der Waals surface area contributed by atoms with Crippen molar-refractivity contribution in [3.05, 3.63) is 70.0 Å². The second-order valence-corrected chi connectivity index (χ2v) is 6.13. The minimum absolute atomic E-state index is 0.432. The van der Waals surface area contributed by atoms with Gasteiger partial charge in [-0.1, -0.05) is 47.5 Å². The summed E-state index contributed by atoms with van der Waals surface area (Å²) in [6, 6.07) is 15.2. The smallest absolute Gasteiger partial charge is 0.249 e. The summed E-state index contributed by atoms with van der Waals surface area (Å²) in [7, 11) is 1.99. The molecule has 0 amide bonds. The van der Waals surface area contributed by atoms with Crippen LogP contribution in [0, 0.1) is 0 Å². The van der Waals surface area contributed by atoms with Gasteiger partial charge in [0.2, 0.25) is 11.8 Å². The predicted octanol–water partition coefficient (Wildman–Crippen LogP) is 4.68. The Hall–Kier alpha value is -1.88. The van der Waals surface area contributed by atoms with E-state index in [0.717, 1.165) is 22.7 Å². The lowest BCUT2D eigenvalue weighted by atomic mass is 10.2. The van der Waals surface area contributed by atoms with Crippen LogP contribution in [0.5, 0.6) is 0 Å². The Bertz CT molecular complexity index is 804. The molecule has 0 aliphatic carbocycles. The molecular formula is C17H15Cl2N3O. The van der Waals surface area contributed by atoms with Crippen molar-refractivity contribution in [3.63, 3.8) is 0 Å². The van der Waals surface area contributed by atoms with E-state index in [9.17, 15) is 0 Å². The molecule has 3 aromatic rings. The van der Waals surface area contributed by atoms with E-state index in [2.05, 4.69) is 15.1 Å². The monoisotopic (exact) mass is 347 g/mol. The van der Waals surface area contributed by atoms with Crippen LogP contribution in [0.3, 0.4) is 0 Å². The van der Waals surface area contributed by atoms with Gasteiger partial charge in [0.25, 0.3) is 0 Å². The van der Waals surface area contributed by atoms with Crippen LogP contribution >= 0.6 is 23.2 Å². The first kappa shape index (κ1) is 16.0. The Morgan fingerprint density at radius 3 is 2.61 bits per heavy atom. The summed E-state index contributed by atoms with van der Waals surface area (Å²) < 4.78 is 5.71. The molecule has 6 heteroatoms. The van der Waals surface area contributed by atoms with Gasteiger partial charge in [0, 0.05) is 11.6 Å². The number of hydrogen-bond acceptors (Lipinski definition) is 4. The first-order valence-electron chi connectivity index (χ1n) is 7.12. The zero-order valence-electron chi connectivity index (χ0n) is 12.5. The number of halogens is 2. The lowest BCUT2D eigenvalue weighted by Gasteiger charge is -2.14. The molecule has 0 spiro atoms. The van der Waals surface area contributed by atoms with Crippen LogP contribution in [0.2, 0.25) is 10.0 Å². The molecule has 0 aliphatic rings. The molecule has 23 heavy (non-hydrogen) atoms. The van der Waals surface area contributed by atoms with Gasteiger partial charge in [0.15, 0.2) is 0 Å². The Kier molecular flexibility index (Phi) is 4.96. The fourth-order valence-corrected chi connectivity index (χ4v) is 2.72. The predicted molar refractivity (Wildman–Crippen MR) is 91.4 cm³/mol. The highest BCUT2D eigenvalue weighted by Crippen LogP contribution is 2.26. The van der Waals surface area contributed by atoms with Crippen molar-refractivity contribution in [2.24, 2.45) is 0 Å². The average molecular weight is 348 g/mol. The van der Waals surface area contributed by atoms with Crippen LogP contribution in [0.1, 0.15) is 11.5 Å². The van der Waals surface area contributed by atoms with E-state index in [1.54, 1.807) is 6.07 Å². The molecule has 0 unspecified atom stereocenters. The van der Waals surface area contributed by atoms with E-state index in [0.29, 0.717) is 23.3 Å². The Morgan fingerprint density at radius 1 is 1.00 bits per heavy atom. The average Bonchev–Trinajstić information content (AvgIpc) is 2.95. The Labute approximate surface area is 144 Å². The van der Waals surface area contributed by atoms with E-state index in [-0.39, 0.29) is 0 Å². The summed E-state index contributed by atoms with van der Waals surface area (Å²) in [5.41, 5.74) is 1.87. The zero-order chi connectivity index (χ0) is 16.2. The summed E-state index contributed by atoms with van der Waals surface area (Å²) in [5, 5.41) is 9.49. The first-order chi connectivity index (χ1) is 11.1. The topological polar surface area (TPSA) is 42.2 Å². The minimum atomic E-state index is 0.432. The van der Waals surface area contributed by atoms with Crippen molar-refractivity contribution in [1.82, 2.24) is 15.1 Å². The molecule has 1 heterocycles. The van der Waals surface area contributed by atoms with E-state index >= 15 is 0 Å². The van der Waals surface area contributed by atoms with Gasteiger partial charge >= 0.3 is 0 Å². The molecule has 2 aromatic carbocycles. The molecular weight excluding hydrogens is 333 g/mol. The van der Waals surface area contributed by atoms with Gasteiger partial charge in [0.1, 0.15) is 0 Å². The zero-order valence-corrected chi connectivity index (χ0v) is 14.1. The van der Waals surface area contributed by atoms with Crippen LogP contribution in [0.25, 0.3) is 11.5 Å². The third-order valence-corrected chi connectivity index (χ3v) is 3.88. The molecule has 0 saturated heterocycles. The van der Waals surface area contributed by atoms with Crippen molar-refractivity contribution in [3.8, 4) is 11.5 Å². The maximum absolute atomic E-state index is 6.15. The van der Waals surface area contributed by atoms with Gasteiger partial charge in [0.05, 0.1) is 17.1 Å². The molecule has 4 nitrogen and oxygen atoms in total. The Balaban J connectivity index is 1.68. The quantitative estimate of drug-likeness (QED) is 0.672. The van der Waals surface area contributed by atoms with Crippen LogP contribution in [-0.2, 0) is 13.1 Å². The molecule has 0 saturated carbocycles. The molecule has 0 bridgehead atoms. The number of hydrogen-bond donors (Lipinski definition) is 0. The fourth-order valence-electron chi connectivity index (χ4n) is 2.29. The highest BCUT2D eigenvalue weighted by atomic mass is 35.5. The SMILES string of the molecule is CN(Cc1cccc(Cl)c1)Cc1nnc(-c2ccccc2Cl)o1. The van der Waals surface area contributed by atoms with Crippen molar-refractivity contribution in [2.45, 2.75) is 13.1 Å². The van der Waals surface area contributed by atoms with Crippen molar-refractivity contribution in [1.29, 1.82) is 0 Å². The third-order valence-electron chi connectivity index (χ3n) is 3.32. The maximum Gasteiger partial charge on any atom is 0.249 e. The van der Waals surface area contributed by atoms with E-state index in [1.807, 2.05) is 49.5 Å². The molecule has 0 atom stereocenters. The van der Waals surface area contributed by atoms with Crippen molar-refractivity contribution >= 4 is 23.2 Å². The second-order valence-electron chi connectivity index (χ2n) is 5.28. The summed E-state index contributed by atoms with van der Waals surface area (Å²) >= 11 is 12.1. The summed E-state index contributed by atoms with van der Waals surface area (Å²) in [4.78, 5) is 2.08. The second kappa shape index (κ2) is 7.13. The highest BCUT2D eigenvalue weighted by Gasteiger charge is 2.13. The highest BCUT2D eigenvalue weighted by molar-refractivity contribution is 6.33. The normalized spacial score (nSPS) is 11.1. The molecule has 0 radical (unpaired) electrons. The van der Waals surface area contributed by atoms with Crippen LogP contribution in [0.15, 0.2) is 52.9 Å². The molecule has 118 valence electrons. The lowest BCUT2D eigenvalue weighted by molar-refractivity contribution is 0.283. The summed E-state index contributed by atoms with van der Waals surface area (Å²) in [6.45, 7) is 1.29. The molecule has 3 rings (SSSR count). The number of aromatic nitrogens is 2. The van der Waals surface area contributed by atoms with E-state index < -0.39 is 0 Å². The van der Waals surface area contributed by atoms with Gasteiger partial charge in [-0.25, -0.2) is 0 Å². The van der Waals surface area contributed by atoms with Gasteiger partial charge < -0.3 is 4.42 Å². The summed E-state index contributed by atoms with van der Waals surface area (Å²) in [6.07, 6.45) is 0. The van der Waals surface area contributed by atoms with Crippen LogP contribution in [0.4, 0.5) is 0 Å². The van der Waals surface area contributed by atoms with Gasteiger partial charge in [-0.05, 0) is 36.9 Å². The molecule has 0 aliphatic heterocycles. The molecule has 1 aromatic heterocycles. The molecule has 0 N–H and O–H groups in total. The minimum Gasteiger partial charge on any atom is -0.419 e. The maximum atomic E-state index is 6.15. The van der Waals surface area contributed by atoms with Crippen LogP contribution < -0.4 is 0 Å². The number of benzene rings is 2. The Morgan fingerprint density at radius 2 is 1.83 bits per heavy atom. The van der Waals surface area contributed by atoms with E-state index in [4.69, 9.17) is 27.6 Å². The van der Waals surface area contributed by atoms with Gasteiger partial charge in [-0.3, -0.25) is 4.90 Å². The third kappa shape index (κ3) is 4.10. The number of nitrogens with zero attached hydrogens (tertiary/aromatic N) is 3. The largest absolute Gasteiger partial charge is 0.419 e. The first-order valence-corrected chi connectivity index (χ1v) is 7.87. The van der Waals surface area contributed by atoms with Crippen molar-refractivity contribution in [2.75, 3.05) is 7.05 Å². The van der Waals surface area contributed by atoms with Gasteiger partial charge in [-0.2, -0.15) is 0 Å². The molecule has 0 fully saturated rings. The fraction of sp³-hybridized carbons (Fsp3) is 0.176. The van der Waals surface area contributed by atoms with Crippen LogP contribution in [-0.4, -0.2) is 22.1 Å². The van der Waals surface area contributed by atoms with E-state index in [1.165, 1.54) is 0 Å². The summed E-state index contributed by atoms with van der Waals surface area (Å²) in [5.74, 6) is 0.978. The van der Waals surface area contributed by atoms with Gasteiger partial charge in [-0.15, -0.1) is 10.2 Å². The standard InChI is InChI=1S/C17H15Cl2N3O/c1-22(10-12-5-4-6-13(18)9-12)11-16-20-21-17(23-16)14-7-2-3-8-15(14)19/h2-9H,10-11H2,1H3. The van der Waals surface area contributed by atoms with Crippen molar-refractivity contribution < 1.29 is 4.42 Å². The lowest BCUT2D eigenvalue weighted by Crippen LogP contribution is -2.17.